The number of nitrogens with zero attached hydrogens (tertiary/aromatic N) is 1. The standard InChI is InChI=1S/C12H14N2S2/c1-8-5-15-7-11(8)12-14-10(6-16-12)4-13-9-2-3-9/h5-7,9,13H,2-4H2,1H3. The molecule has 2 nitrogen and oxygen atoms in total. The fraction of sp³-hybridized carbons (Fsp3) is 0.417. The molecule has 1 N–H and O–H groups in total. The molecule has 2 aromatic rings. The van der Waals surface area contributed by atoms with Gasteiger partial charge >= 0.3 is 0 Å². The van der Waals surface area contributed by atoms with Gasteiger partial charge in [-0.05, 0) is 30.7 Å². The lowest BCUT2D eigenvalue weighted by atomic mass is 10.2. The first-order chi connectivity index (χ1) is 7.83. The van der Waals surface area contributed by atoms with Crippen LogP contribution in [-0.2, 0) is 6.54 Å². The molecule has 0 amide bonds. The predicted octanol–water partition coefficient (Wildman–Crippen LogP) is 3.43. The van der Waals surface area contributed by atoms with E-state index in [9.17, 15) is 0 Å². The lowest BCUT2D eigenvalue weighted by Gasteiger charge is -1.97. The van der Waals surface area contributed by atoms with Gasteiger partial charge in [0.15, 0.2) is 0 Å². The Bertz CT molecular complexity index is 483. The molecule has 84 valence electrons. The minimum atomic E-state index is 0.757. The number of hydrogen-bond acceptors (Lipinski definition) is 4. The van der Waals surface area contributed by atoms with Gasteiger partial charge in [0.25, 0.3) is 0 Å². The van der Waals surface area contributed by atoms with Crippen LogP contribution < -0.4 is 5.32 Å². The molecule has 0 saturated heterocycles. The number of hydrogen-bond donors (Lipinski definition) is 1. The van der Waals surface area contributed by atoms with E-state index in [2.05, 4.69) is 33.4 Å². The summed E-state index contributed by atoms with van der Waals surface area (Å²) >= 11 is 3.50. The van der Waals surface area contributed by atoms with Crippen molar-refractivity contribution in [2.24, 2.45) is 0 Å². The van der Waals surface area contributed by atoms with Gasteiger partial charge in [-0.25, -0.2) is 4.98 Å². The molecule has 3 rings (SSSR count). The van der Waals surface area contributed by atoms with E-state index in [0.29, 0.717) is 0 Å². The molecule has 1 saturated carbocycles. The van der Waals surface area contributed by atoms with Gasteiger partial charge in [0.2, 0.25) is 0 Å². The summed E-state index contributed by atoms with van der Waals surface area (Å²) in [5, 5.41) is 11.2. The van der Waals surface area contributed by atoms with Crippen LogP contribution in [0.4, 0.5) is 0 Å². The summed E-state index contributed by atoms with van der Waals surface area (Å²) in [4.78, 5) is 4.68. The molecule has 1 fully saturated rings. The average Bonchev–Trinajstić information content (AvgIpc) is 2.82. The molecule has 2 heterocycles. The fourth-order valence-electron chi connectivity index (χ4n) is 1.63. The van der Waals surface area contributed by atoms with Gasteiger partial charge in [0.1, 0.15) is 5.01 Å². The molecule has 1 aliphatic carbocycles. The van der Waals surface area contributed by atoms with Crippen LogP contribution in [-0.4, -0.2) is 11.0 Å². The Kier molecular flexibility index (Phi) is 2.79. The minimum Gasteiger partial charge on any atom is -0.308 e. The molecule has 0 spiro atoms. The van der Waals surface area contributed by atoms with Gasteiger partial charge < -0.3 is 5.32 Å². The van der Waals surface area contributed by atoms with Crippen LogP contribution in [0.15, 0.2) is 16.1 Å². The van der Waals surface area contributed by atoms with Crippen molar-refractivity contribution in [3.8, 4) is 10.6 Å². The number of thiazole rings is 1. The topological polar surface area (TPSA) is 24.9 Å². The molecule has 4 heteroatoms. The lowest BCUT2D eigenvalue weighted by molar-refractivity contribution is 0.678. The zero-order valence-corrected chi connectivity index (χ0v) is 10.8. The second-order valence-corrected chi connectivity index (χ2v) is 5.87. The molecule has 0 aliphatic heterocycles. The SMILES string of the molecule is Cc1cscc1-c1nc(CNC2CC2)cs1. The Morgan fingerprint density at radius 1 is 1.38 bits per heavy atom. The van der Waals surface area contributed by atoms with Crippen molar-refractivity contribution in [1.82, 2.24) is 10.3 Å². The zero-order chi connectivity index (χ0) is 11.0. The third kappa shape index (κ3) is 2.19. The van der Waals surface area contributed by atoms with Crippen LogP contribution in [0.5, 0.6) is 0 Å². The Hall–Kier alpha value is -0.710. The second-order valence-electron chi connectivity index (χ2n) is 4.27. The van der Waals surface area contributed by atoms with Crippen LogP contribution in [0.25, 0.3) is 10.6 Å². The smallest absolute Gasteiger partial charge is 0.124 e. The van der Waals surface area contributed by atoms with Crippen molar-refractivity contribution in [3.05, 3.63) is 27.4 Å². The highest BCUT2D eigenvalue weighted by Gasteiger charge is 2.20. The maximum absolute atomic E-state index is 4.68. The Balaban J connectivity index is 1.74. The summed E-state index contributed by atoms with van der Waals surface area (Å²) in [5.74, 6) is 0. The quantitative estimate of drug-likeness (QED) is 0.899. The van der Waals surface area contributed by atoms with Crippen LogP contribution in [0.2, 0.25) is 0 Å². The van der Waals surface area contributed by atoms with Crippen molar-refractivity contribution in [2.45, 2.75) is 32.4 Å². The molecule has 1 aliphatic rings. The van der Waals surface area contributed by atoms with Crippen LogP contribution in [0, 0.1) is 6.92 Å². The summed E-state index contributed by atoms with van der Waals surface area (Å²) < 4.78 is 0. The van der Waals surface area contributed by atoms with Crippen molar-refractivity contribution in [3.63, 3.8) is 0 Å². The van der Waals surface area contributed by atoms with Crippen molar-refractivity contribution >= 4 is 22.7 Å². The molecular weight excluding hydrogens is 236 g/mol. The average molecular weight is 250 g/mol. The Morgan fingerprint density at radius 3 is 2.94 bits per heavy atom. The van der Waals surface area contributed by atoms with E-state index in [1.807, 2.05) is 0 Å². The molecule has 16 heavy (non-hydrogen) atoms. The summed E-state index contributed by atoms with van der Waals surface area (Å²) in [6, 6.07) is 0.757. The second kappa shape index (κ2) is 4.28. The Morgan fingerprint density at radius 2 is 2.25 bits per heavy atom. The van der Waals surface area contributed by atoms with Gasteiger partial charge in [0.05, 0.1) is 5.69 Å². The van der Waals surface area contributed by atoms with E-state index in [1.165, 1.54) is 29.7 Å². The van der Waals surface area contributed by atoms with E-state index < -0.39 is 0 Å². The van der Waals surface area contributed by atoms with E-state index in [-0.39, 0.29) is 0 Å². The van der Waals surface area contributed by atoms with Crippen molar-refractivity contribution < 1.29 is 0 Å². The molecule has 2 aromatic heterocycles. The lowest BCUT2D eigenvalue weighted by Crippen LogP contribution is -2.15. The predicted molar refractivity (Wildman–Crippen MR) is 70.0 cm³/mol. The van der Waals surface area contributed by atoms with Crippen LogP contribution in [0.1, 0.15) is 24.1 Å². The number of nitrogens with one attached hydrogen (secondary N) is 1. The molecule has 0 radical (unpaired) electrons. The molecular formula is C12H14N2S2. The molecule has 0 bridgehead atoms. The number of aryl methyl sites for hydroxylation is 1. The summed E-state index contributed by atoms with van der Waals surface area (Å²) in [6.07, 6.45) is 2.67. The van der Waals surface area contributed by atoms with Crippen LogP contribution in [0.3, 0.4) is 0 Å². The van der Waals surface area contributed by atoms with Gasteiger partial charge in [-0.15, -0.1) is 11.3 Å². The van der Waals surface area contributed by atoms with Crippen molar-refractivity contribution in [1.29, 1.82) is 0 Å². The fourth-order valence-corrected chi connectivity index (χ4v) is 3.44. The third-order valence-corrected chi connectivity index (χ3v) is 4.57. The van der Waals surface area contributed by atoms with Gasteiger partial charge in [-0.1, -0.05) is 0 Å². The monoisotopic (exact) mass is 250 g/mol. The maximum Gasteiger partial charge on any atom is 0.124 e. The zero-order valence-electron chi connectivity index (χ0n) is 9.19. The Labute approximate surface area is 103 Å². The van der Waals surface area contributed by atoms with E-state index in [1.54, 1.807) is 22.7 Å². The van der Waals surface area contributed by atoms with E-state index in [0.717, 1.165) is 17.6 Å². The first kappa shape index (κ1) is 10.4. The first-order valence-electron chi connectivity index (χ1n) is 5.54. The number of thiophene rings is 1. The summed E-state index contributed by atoms with van der Waals surface area (Å²) in [7, 11) is 0. The van der Waals surface area contributed by atoms with Gasteiger partial charge in [0, 0.05) is 28.9 Å². The minimum absolute atomic E-state index is 0.757. The highest BCUT2D eigenvalue weighted by Crippen LogP contribution is 2.29. The normalized spacial score (nSPS) is 15.6. The molecule has 0 aromatic carbocycles. The van der Waals surface area contributed by atoms with Gasteiger partial charge in [-0.3, -0.25) is 0 Å². The summed E-state index contributed by atoms with van der Waals surface area (Å²) in [5.41, 5.74) is 3.81. The third-order valence-electron chi connectivity index (χ3n) is 2.79. The molecule has 0 unspecified atom stereocenters. The van der Waals surface area contributed by atoms with E-state index in [4.69, 9.17) is 0 Å². The largest absolute Gasteiger partial charge is 0.308 e. The highest BCUT2D eigenvalue weighted by atomic mass is 32.1. The number of aromatic nitrogens is 1. The summed E-state index contributed by atoms with van der Waals surface area (Å²) in [6.45, 7) is 3.07. The van der Waals surface area contributed by atoms with Crippen LogP contribution >= 0.6 is 22.7 Å². The highest BCUT2D eigenvalue weighted by molar-refractivity contribution is 7.14. The molecule has 0 atom stereocenters. The first-order valence-corrected chi connectivity index (χ1v) is 7.36. The number of rotatable bonds is 4. The maximum atomic E-state index is 4.68. The van der Waals surface area contributed by atoms with E-state index >= 15 is 0 Å². The van der Waals surface area contributed by atoms with Gasteiger partial charge in [-0.2, -0.15) is 11.3 Å². The van der Waals surface area contributed by atoms with Crippen molar-refractivity contribution in [2.75, 3.05) is 0 Å².